The lowest BCUT2D eigenvalue weighted by atomic mass is 9.89. The van der Waals surface area contributed by atoms with Gasteiger partial charge < -0.3 is 9.30 Å². The van der Waals surface area contributed by atoms with Crippen molar-refractivity contribution in [2.75, 3.05) is 0 Å². The van der Waals surface area contributed by atoms with Gasteiger partial charge in [0, 0.05) is 12.4 Å². The van der Waals surface area contributed by atoms with Crippen molar-refractivity contribution < 1.29 is 4.74 Å². The molecule has 2 rings (SSSR count). The Kier molecular flexibility index (Phi) is 2.35. The van der Waals surface area contributed by atoms with Crippen LogP contribution >= 0.6 is 0 Å². The van der Waals surface area contributed by atoms with Gasteiger partial charge in [0.15, 0.2) is 0 Å². The quantitative estimate of drug-likeness (QED) is 0.685. The smallest absolute Gasteiger partial charge is 0.134 e. The SMILES string of the molecule is CC(C)(C)CC1Cn2ccnc2CO1. The number of nitrogens with zero attached hydrogens (tertiary/aromatic N) is 2. The van der Waals surface area contributed by atoms with Gasteiger partial charge in [-0.2, -0.15) is 0 Å². The standard InChI is InChI=1S/C11H18N2O/c1-11(2,3)6-9-7-13-5-4-12-10(13)8-14-9/h4-5,9H,6-8H2,1-3H3. The molecule has 0 N–H and O–H groups in total. The van der Waals surface area contributed by atoms with Gasteiger partial charge in [0.25, 0.3) is 0 Å². The normalized spacial score (nSPS) is 22.1. The Balaban J connectivity index is 2.01. The van der Waals surface area contributed by atoms with Crippen LogP contribution in [0.5, 0.6) is 0 Å². The molecule has 14 heavy (non-hydrogen) atoms. The molecule has 1 aromatic rings. The Morgan fingerprint density at radius 1 is 1.57 bits per heavy atom. The van der Waals surface area contributed by atoms with E-state index in [0.29, 0.717) is 18.1 Å². The number of hydrogen-bond donors (Lipinski definition) is 0. The second kappa shape index (κ2) is 3.39. The van der Waals surface area contributed by atoms with E-state index in [0.717, 1.165) is 18.8 Å². The molecule has 1 atom stereocenters. The Bertz CT molecular complexity index is 311. The van der Waals surface area contributed by atoms with E-state index >= 15 is 0 Å². The highest BCUT2D eigenvalue weighted by molar-refractivity contribution is 4.94. The Labute approximate surface area is 85.1 Å². The van der Waals surface area contributed by atoms with Crippen LogP contribution in [0.4, 0.5) is 0 Å². The van der Waals surface area contributed by atoms with Gasteiger partial charge in [0.05, 0.1) is 12.6 Å². The summed E-state index contributed by atoms with van der Waals surface area (Å²) in [4.78, 5) is 4.23. The minimum atomic E-state index is 0.336. The van der Waals surface area contributed by atoms with Crippen molar-refractivity contribution in [1.82, 2.24) is 9.55 Å². The fraction of sp³-hybridized carbons (Fsp3) is 0.727. The lowest BCUT2D eigenvalue weighted by Crippen LogP contribution is -2.30. The lowest BCUT2D eigenvalue weighted by molar-refractivity contribution is -0.0199. The molecule has 1 aliphatic heterocycles. The molecule has 1 aliphatic rings. The van der Waals surface area contributed by atoms with E-state index in [2.05, 4.69) is 30.3 Å². The molecule has 3 nitrogen and oxygen atoms in total. The third kappa shape index (κ3) is 2.15. The van der Waals surface area contributed by atoms with Crippen LogP contribution in [-0.4, -0.2) is 15.7 Å². The summed E-state index contributed by atoms with van der Waals surface area (Å²) < 4.78 is 7.95. The van der Waals surface area contributed by atoms with Crippen LogP contribution in [0.3, 0.4) is 0 Å². The van der Waals surface area contributed by atoms with E-state index in [9.17, 15) is 0 Å². The van der Waals surface area contributed by atoms with Gasteiger partial charge >= 0.3 is 0 Å². The average Bonchev–Trinajstić information content (AvgIpc) is 2.47. The first-order valence-electron chi connectivity index (χ1n) is 5.16. The van der Waals surface area contributed by atoms with Crippen molar-refractivity contribution in [1.29, 1.82) is 0 Å². The molecule has 78 valence electrons. The van der Waals surface area contributed by atoms with Gasteiger partial charge in [-0.3, -0.25) is 0 Å². The maximum Gasteiger partial charge on any atom is 0.134 e. The second-order valence-corrected chi connectivity index (χ2v) is 5.19. The first-order valence-corrected chi connectivity index (χ1v) is 5.16. The molecular weight excluding hydrogens is 176 g/mol. The van der Waals surface area contributed by atoms with E-state index in [1.807, 2.05) is 12.4 Å². The Morgan fingerprint density at radius 2 is 2.36 bits per heavy atom. The summed E-state index contributed by atoms with van der Waals surface area (Å²) in [6.07, 6.45) is 5.33. The number of rotatable bonds is 1. The summed E-state index contributed by atoms with van der Waals surface area (Å²) in [6, 6.07) is 0. The minimum Gasteiger partial charge on any atom is -0.368 e. The summed E-state index contributed by atoms with van der Waals surface area (Å²) in [5, 5.41) is 0. The van der Waals surface area contributed by atoms with E-state index < -0.39 is 0 Å². The average molecular weight is 194 g/mol. The molecule has 2 heterocycles. The van der Waals surface area contributed by atoms with Gasteiger partial charge in [-0.25, -0.2) is 4.98 Å². The van der Waals surface area contributed by atoms with Crippen LogP contribution in [0.25, 0.3) is 0 Å². The Morgan fingerprint density at radius 3 is 3.07 bits per heavy atom. The van der Waals surface area contributed by atoms with Crippen molar-refractivity contribution in [3.8, 4) is 0 Å². The molecule has 0 aromatic carbocycles. The third-order valence-corrected chi connectivity index (χ3v) is 2.49. The van der Waals surface area contributed by atoms with Crippen LogP contribution in [-0.2, 0) is 17.9 Å². The molecule has 1 aromatic heterocycles. The maximum atomic E-state index is 5.76. The molecule has 0 aliphatic carbocycles. The zero-order valence-electron chi connectivity index (χ0n) is 9.16. The topological polar surface area (TPSA) is 27.1 Å². The molecule has 0 saturated heterocycles. The van der Waals surface area contributed by atoms with Crippen molar-refractivity contribution in [3.05, 3.63) is 18.2 Å². The monoisotopic (exact) mass is 194 g/mol. The van der Waals surface area contributed by atoms with Crippen molar-refractivity contribution >= 4 is 0 Å². The Hall–Kier alpha value is -0.830. The molecule has 0 spiro atoms. The molecule has 0 radical (unpaired) electrons. The first-order chi connectivity index (χ1) is 6.54. The molecular formula is C11H18N2O. The zero-order valence-corrected chi connectivity index (χ0v) is 9.16. The van der Waals surface area contributed by atoms with Gasteiger partial charge in [-0.15, -0.1) is 0 Å². The molecule has 0 saturated carbocycles. The number of hydrogen-bond acceptors (Lipinski definition) is 2. The van der Waals surface area contributed by atoms with Crippen LogP contribution < -0.4 is 0 Å². The second-order valence-electron chi connectivity index (χ2n) is 5.19. The minimum absolute atomic E-state index is 0.336. The van der Waals surface area contributed by atoms with Gasteiger partial charge in [0.2, 0.25) is 0 Å². The van der Waals surface area contributed by atoms with Gasteiger partial charge in [0.1, 0.15) is 12.4 Å². The highest BCUT2D eigenvalue weighted by Gasteiger charge is 2.24. The van der Waals surface area contributed by atoms with Crippen molar-refractivity contribution in [2.24, 2.45) is 5.41 Å². The third-order valence-electron chi connectivity index (χ3n) is 2.49. The summed E-state index contributed by atoms with van der Waals surface area (Å²) in [5.41, 5.74) is 0.336. The molecule has 0 bridgehead atoms. The van der Waals surface area contributed by atoms with Crippen LogP contribution in [0.15, 0.2) is 12.4 Å². The first kappa shape index (κ1) is 9.71. The fourth-order valence-electron chi connectivity index (χ4n) is 1.92. The predicted molar refractivity (Wildman–Crippen MR) is 54.9 cm³/mol. The lowest BCUT2D eigenvalue weighted by Gasteiger charge is -2.29. The van der Waals surface area contributed by atoms with Gasteiger partial charge in [-0.1, -0.05) is 20.8 Å². The van der Waals surface area contributed by atoms with Crippen molar-refractivity contribution in [2.45, 2.75) is 46.4 Å². The van der Waals surface area contributed by atoms with Crippen LogP contribution in [0, 0.1) is 5.41 Å². The van der Waals surface area contributed by atoms with E-state index in [1.54, 1.807) is 0 Å². The number of imidazole rings is 1. The van der Waals surface area contributed by atoms with E-state index in [1.165, 1.54) is 0 Å². The largest absolute Gasteiger partial charge is 0.368 e. The maximum absolute atomic E-state index is 5.76. The molecule has 0 amide bonds. The molecule has 1 unspecified atom stereocenters. The highest BCUT2D eigenvalue weighted by atomic mass is 16.5. The number of aromatic nitrogens is 2. The van der Waals surface area contributed by atoms with E-state index in [-0.39, 0.29) is 0 Å². The fourth-order valence-corrected chi connectivity index (χ4v) is 1.92. The van der Waals surface area contributed by atoms with E-state index in [4.69, 9.17) is 4.74 Å². The highest BCUT2D eigenvalue weighted by Crippen LogP contribution is 2.25. The zero-order chi connectivity index (χ0) is 10.2. The summed E-state index contributed by atoms with van der Waals surface area (Å²) in [5.74, 6) is 1.05. The summed E-state index contributed by atoms with van der Waals surface area (Å²) >= 11 is 0. The van der Waals surface area contributed by atoms with Gasteiger partial charge in [-0.05, 0) is 11.8 Å². The summed E-state index contributed by atoms with van der Waals surface area (Å²) in [7, 11) is 0. The number of ether oxygens (including phenoxy) is 1. The number of fused-ring (bicyclic) bond motifs is 1. The summed E-state index contributed by atoms with van der Waals surface area (Å²) in [6.45, 7) is 8.36. The van der Waals surface area contributed by atoms with Crippen molar-refractivity contribution in [3.63, 3.8) is 0 Å². The van der Waals surface area contributed by atoms with Crippen LogP contribution in [0.1, 0.15) is 33.0 Å². The molecule has 0 fully saturated rings. The van der Waals surface area contributed by atoms with Crippen LogP contribution in [0.2, 0.25) is 0 Å². The predicted octanol–water partition coefficient (Wildman–Crippen LogP) is 2.22. The molecule has 3 heteroatoms.